The van der Waals surface area contributed by atoms with Crippen LogP contribution in [-0.4, -0.2) is 49.6 Å². The first-order valence-electron chi connectivity index (χ1n) is 9.67. The number of rotatable bonds is 3. The highest BCUT2D eigenvalue weighted by molar-refractivity contribution is 6.08. The lowest BCUT2D eigenvalue weighted by molar-refractivity contribution is 0.0585. The third-order valence-corrected chi connectivity index (χ3v) is 5.59. The molecule has 7 nitrogen and oxygen atoms in total. The number of benzene rings is 2. The molecule has 0 spiro atoms. The summed E-state index contributed by atoms with van der Waals surface area (Å²) in [5, 5.41) is 2.81. The van der Waals surface area contributed by atoms with Crippen molar-refractivity contribution in [1.29, 1.82) is 0 Å². The van der Waals surface area contributed by atoms with Gasteiger partial charge in [0.2, 0.25) is 0 Å². The first-order valence-corrected chi connectivity index (χ1v) is 9.67. The highest BCUT2D eigenvalue weighted by atomic mass is 16.5. The fourth-order valence-electron chi connectivity index (χ4n) is 4.06. The van der Waals surface area contributed by atoms with E-state index in [1.807, 2.05) is 11.9 Å². The van der Waals surface area contributed by atoms with Crippen molar-refractivity contribution >= 4 is 29.2 Å². The van der Waals surface area contributed by atoms with E-state index in [0.29, 0.717) is 22.4 Å². The molecule has 2 aliphatic rings. The predicted octanol–water partition coefficient (Wildman–Crippen LogP) is 3.13. The average molecular weight is 393 g/mol. The number of hydrogen-bond acceptors (Lipinski definition) is 5. The van der Waals surface area contributed by atoms with Crippen LogP contribution in [0.5, 0.6) is 0 Å². The number of ether oxygens (including phenoxy) is 1. The summed E-state index contributed by atoms with van der Waals surface area (Å²) >= 11 is 0. The van der Waals surface area contributed by atoms with Gasteiger partial charge in [-0.1, -0.05) is 6.07 Å². The second-order valence-corrected chi connectivity index (χ2v) is 7.34. The second kappa shape index (κ2) is 7.58. The Morgan fingerprint density at radius 3 is 2.72 bits per heavy atom. The molecule has 150 valence electrons. The zero-order valence-electron chi connectivity index (χ0n) is 16.5. The van der Waals surface area contributed by atoms with Crippen molar-refractivity contribution in [2.24, 2.45) is 0 Å². The fourth-order valence-corrected chi connectivity index (χ4v) is 4.06. The molecule has 0 radical (unpaired) electrons. The van der Waals surface area contributed by atoms with Crippen LogP contribution < -0.4 is 10.2 Å². The summed E-state index contributed by atoms with van der Waals surface area (Å²) in [6.45, 7) is 0.770. The molecule has 1 fully saturated rings. The van der Waals surface area contributed by atoms with E-state index >= 15 is 0 Å². The van der Waals surface area contributed by atoms with Crippen LogP contribution in [0.15, 0.2) is 42.5 Å². The van der Waals surface area contributed by atoms with Gasteiger partial charge in [0.15, 0.2) is 0 Å². The van der Waals surface area contributed by atoms with Crippen molar-refractivity contribution in [1.82, 2.24) is 4.90 Å². The monoisotopic (exact) mass is 393 g/mol. The van der Waals surface area contributed by atoms with Gasteiger partial charge < -0.3 is 19.9 Å². The van der Waals surface area contributed by atoms with E-state index in [1.54, 1.807) is 42.5 Å². The van der Waals surface area contributed by atoms with Crippen LogP contribution >= 0.6 is 0 Å². The normalized spacial score (nSPS) is 18.0. The first kappa shape index (κ1) is 19.0. The standard InChI is InChI=1S/C22H23N3O4/c1-24-18-13-14(9-10-17(18)21(27)25-11-4-3-8-19(24)25)20(26)23-16-7-5-6-15(12-16)22(28)29-2/h5-7,9-10,12-13,19H,3-4,8,11H2,1-2H3,(H,23,26)/t19-/m0/s1. The topological polar surface area (TPSA) is 79.0 Å². The van der Waals surface area contributed by atoms with Crippen molar-refractivity contribution in [3.63, 3.8) is 0 Å². The fraction of sp³-hybridized carbons (Fsp3) is 0.318. The number of fused-ring (bicyclic) bond motifs is 2. The third kappa shape index (κ3) is 3.44. The maximum absolute atomic E-state index is 12.9. The van der Waals surface area contributed by atoms with Gasteiger partial charge in [-0.15, -0.1) is 0 Å². The lowest BCUT2D eigenvalue weighted by atomic mass is 9.97. The Hall–Kier alpha value is -3.35. The predicted molar refractivity (Wildman–Crippen MR) is 109 cm³/mol. The number of methoxy groups -OCH3 is 1. The van der Waals surface area contributed by atoms with Crippen molar-refractivity contribution in [3.05, 3.63) is 59.2 Å². The number of nitrogens with zero attached hydrogens (tertiary/aromatic N) is 2. The Bertz CT molecular complexity index is 988. The molecular formula is C22H23N3O4. The molecule has 2 heterocycles. The van der Waals surface area contributed by atoms with Crippen LogP contribution in [-0.2, 0) is 4.74 Å². The van der Waals surface area contributed by atoms with E-state index < -0.39 is 5.97 Å². The van der Waals surface area contributed by atoms with E-state index in [4.69, 9.17) is 4.74 Å². The minimum absolute atomic E-state index is 0.0283. The van der Waals surface area contributed by atoms with Gasteiger partial charge in [0, 0.05) is 24.8 Å². The Kier molecular flexibility index (Phi) is 4.96. The number of carbonyl (C=O) groups excluding carboxylic acids is 3. The number of carbonyl (C=O) groups is 3. The molecule has 1 N–H and O–H groups in total. The highest BCUT2D eigenvalue weighted by Gasteiger charge is 2.37. The van der Waals surface area contributed by atoms with Gasteiger partial charge in [-0.2, -0.15) is 0 Å². The molecule has 0 bridgehead atoms. The number of esters is 1. The Balaban J connectivity index is 1.59. The number of anilines is 2. The van der Waals surface area contributed by atoms with Crippen molar-refractivity contribution in [3.8, 4) is 0 Å². The van der Waals surface area contributed by atoms with Gasteiger partial charge in [0.1, 0.15) is 6.17 Å². The minimum atomic E-state index is -0.466. The van der Waals surface area contributed by atoms with Crippen LogP contribution in [0.1, 0.15) is 50.3 Å². The zero-order valence-corrected chi connectivity index (χ0v) is 16.5. The maximum Gasteiger partial charge on any atom is 0.337 e. The van der Waals surface area contributed by atoms with Crippen LogP contribution in [0.3, 0.4) is 0 Å². The van der Waals surface area contributed by atoms with Gasteiger partial charge in [-0.25, -0.2) is 4.79 Å². The van der Waals surface area contributed by atoms with E-state index in [0.717, 1.165) is 31.5 Å². The Labute approximate surface area is 169 Å². The average Bonchev–Trinajstić information content (AvgIpc) is 2.76. The zero-order chi connectivity index (χ0) is 20.5. The molecule has 0 unspecified atom stereocenters. The highest BCUT2D eigenvalue weighted by Crippen LogP contribution is 2.34. The van der Waals surface area contributed by atoms with Crippen LogP contribution in [0.4, 0.5) is 11.4 Å². The van der Waals surface area contributed by atoms with Crippen molar-refractivity contribution in [2.75, 3.05) is 30.9 Å². The van der Waals surface area contributed by atoms with Crippen LogP contribution in [0.2, 0.25) is 0 Å². The van der Waals surface area contributed by atoms with Gasteiger partial charge in [-0.05, 0) is 55.7 Å². The summed E-state index contributed by atoms with van der Waals surface area (Å²) in [6.07, 6.45) is 3.08. The smallest absolute Gasteiger partial charge is 0.337 e. The SMILES string of the molecule is COC(=O)c1cccc(NC(=O)c2ccc3c(c2)N(C)[C@@H]2CCCCN2C3=O)c1. The molecule has 0 aliphatic carbocycles. The molecule has 0 saturated carbocycles. The van der Waals surface area contributed by atoms with Gasteiger partial charge in [0.25, 0.3) is 11.8 Å². The molecule has 7 heteroatoms. The van der Waals surface area contributed by atoms with Gasteiger partial charge in [-0.3, -0.25) is 9.59 Å². The Morgan fingerprint density at radius 1 is 1.10 bits per heavy atom. The minimum Gasteiger partial charge on any atom is -0.465 e. The Morgan fingerprint density at radius 2 is 1.93 bits per heavy atom. The molecule has 1 atom stereocenters. The van der Waals surface area contributed by atoms with Crippen molar-refractivity contribution in [2.45, 2.75) is 25.4 Å². The second-order valence-electron chi connectivity index (χ2n) is 7.34. The molecule has 2 aliphatic heterocycles. The van der Waals surface area contributed by atoms with Crippen LogP contribution in [0, 0.1) is 0 Å². The van der Waals surface area contributed by atoms with E-state index in [9.17, 15) is 14.4 Å². The summed E-state index contributed by atoms with van der Waals surface area (Å²) in [4.78, 5) is 41.3. The van der Waals surface area contributed by atoms with Gasteiger partial charge in [0.05, 0.1) is 23.9 Å². The quantitative estimate of drug-likeness (QED) is 0.811. The maximum atomic E-state index is 12.9. The van der Waals surface area contributed by atoms with E-state index in [2.05, 4.69) is 10.2 Å². The molecule has 4 rings (SSSR count). The lowest BCUT2D eigenvalue weighted by Crippen LogP contribution is -2.55. The number of nitrogens with one attached hydrogen (secondary N) is 1. The molecule has 0 aromatic heterocycles. The molecular weight excluding hydrogens is 370 g/mol. The van der Waals surface area contributed by atoms with Crippen LogP contribution in [0.25, 0.3) is 0 Å². The molecule has 29 heavy (non-hydrogen) atoms. The van der Waals surface area contributed by atoms with E-state index in [-0.39, 0.29) is 18.0 Å². The summed E-state index contributed by atoms with van der Waals surface area (Å²) in [7, 11) is 3.28. The lowest BCUT2D eigenvalue weighted by Gasteiger charge is -2.46. The molecule has 1 saturated heterocycles. The first-order chi connectivity index (χ1) is 14.0. The summed E-state index contributed by atoms with van der Waals surface area (Å²) in [5.41, 5.74) is 2.71. The van der Waals surface area contributed by atoms with E-state index in [1.165, 1.54) is 7.11 Å². The number of hydrogen-bond donors (Lipinski definition) is 1. The number of amides is 2. The number of piperidine rings is 1. The summed E-state index contributed by atoms with van der Waals surface area (Å²) < 4.78 is 4.72. The van der Waals surface area contributed by atoms with Gasteiger partial charge >= 0.3 is 5.97 Å². The largest absolute Gasteiger partial charge is 0.465 e. The summed E-state index contributed by atoms with van der Waals surface area (Å²) in [6, 6.07) is 11.7. The third-order valence-electron chi connectivity index (χ3n) is 5.59. The molecule has 2 aromatic rings. The molecule has 2 aromatic carbocycles. The summed E-state index contributed by atoms with van der Waals surface area (Å²) in [5.74, 6) is -0.741. The van der Waals surface area contributed by atoms with Crippen molar-refractivity contribution < 1.29 is 19.1 Å². The molecule has 2 amide bonds.